The molecule has 0 bridgehead atoms. The summed E-state index contributed by atoms with van der Waals surface area (Å²) in [6.45, 7) is 36.5. The molecule has 0 aromatic heterocycles. The second kappa shape index (κ2) is 41.4. The summed E-state index contributed by atoms with van der Waals surface area (Å²) in [7, 11) is 2.02. The zero-order valence-electron chi connectivity index (χ0n) is 38.6. The molecule has 0 aliphatic rings. The summed E-state index contributed by atoms with van der Waals surface area (Å²) >= 11 is 0. The summed E-state index contributed by atoms with van der Waals surface area (Å²) in [5.74, 6) is 0. The Bertz CT molecular complexity index is 717. The average molecular weight is 1620 g/mol. The van der Waals surface area contributed by atoms with Crippen molar-refractivity contribution >= 4 is 42.1 Å². The molecule has 54 heavy (non-hydrogen) atoms. The second-order valence-corrected chi connectivity index (χ2v) is 36.9. The van der Waals surface area contributed by atoms with Gasteiger partial charge in [0.15, 0.2) is 16.6 Å². The van der Waals surface area contributed by atoms with Gasteiger partial charge < -0.3 is 47.9 Å². The van der Waals surface area contributed by atoms with Crippen LogP contribution in [0, 0.1) is 21.6 Å². The van der Waals surface area contributed by atoms with E-state index < -0.39 is 42.1 Å². The number of ether oxygens (including phenoxy) is 4. The van der Waals surface area contributed by atoms with E-state index in [9.17, 15) is 0 Å². The maximum atomic E-state index is 6.89. The van der Waals surface area contributed by atoms with Gasteiger partial charge >= 0.3 is 17.4 Å². The number of hydrogen-bond donors (Lipinski definition) is 0. The predicted octanol–water partition coefficient (Wildman–Crippen LogP) is 11.1. The molecular weight excluding hydrogens is 1530 g/mol. The quantitative estimate of drug-likeness (QED) is 0.0329. The van der Waals surface area contributed by atoms with Crippen molar-refractivity contribution in [2.75, 3.05) is 61.0 Å². The van der Waals surface area contributed by atoms with E-state index in [1.54, 1.807) is 33.5 Å². The normalized spacial score (nSPS) is 12.1. The molecule has 0 aromatic carbocycles. The predicted molar refractivity (Wildman–Crippen MR) is 234 cm³/mol. The topological polar surface area (TPSA) is 83.1 Å². The van der Waals surface area contributed by atoms with Gasteiger partial charge in [0.1, 0.15) is 0 Å². The molecule has 17 heteroatoms. The van der Waals surface area contributed by atoms with Gasteiger partial charge in [-0.15, -0.1) is 13.2 Å². The molecule has 0 aromatic rings. The zero-order valence-corrected chi connectivity index (χ0v) is 62.8. The number of hydrogen-bond acceptors (Lipinski definition) is 9. The molecule has 0 heterocycles. The molecule has 0 amide bonds. The van der Waals surface area contributed by atoms with Crippen LogP contribution >= 0.6 is 0 Å². The minimum Gasteiger partial charge on any atom is -0.555 e. The Labute approximate surface area is 324 Å². The van der Waals surface area contributed by atoms with Crippen molar-refractivity contribution in [2.24, 2.45) is 0 Å². The van der Waals surface area contributed by atoms with E-state index >= 15 is 0 Å². The van der Waals surface area contributed by atoms with E-state index in [4.69, 9.17) is 31.0 Å². The van der Waals surface area contributed by atoms with Crippen LogP contribution < -0.4 is 0 Å². The third-order valence-electron chi connectivity index (χ3n) is 6.46. The van der Waals surface area contributed by atoms with Crippen LogP contribution in [-0.2, 0) is 40.5 Å². The van der Waals surface area contributed by atoms with Crippen molar-refractivity contribution in [3.8, 4) is 0 Å². The van der Waals surface area contributed by atoms with Gasteiger partial charge in [-0.1, -0.05) is 71.3 Å². The van der Waals surface area contributed by atoms with Crippen molar-refractivity contribution < 1.29 is 40.5 Å². The summed E-state index contributed by atoms with van der Waals surface area (Å²) in [6, 6.07) is 1.75. The van der Waals surface area contributed by atoms with Gasteiger partial charge in [0, 0.05) is 61.9 Å². The van der Waals surface area contributed by atoms with Gasteiger partial charge in [-0.2, -0.15) is 0 Å². The van der Waals surface area contributed by atoms with Crippen LogP contribution in [0.25, 0.3) is 0 Å². The third kappa shape index (κ3) is 51.3. The molecule has 318 valence electrons. The van der Waals surface area contributed by atoms with E-state index in [0.717, 1.165) is 63.4 Å². The molecule has 9 nitrogen and oxygen atoms in total. The summed E-state index contributed by atoms with van der Waals surface area (Å²) in [5.41, 5.74) is 1.14. The van der Waals surface area contributed by atoms with Crippen LogP contribution in [0.15, 0.2) is 25.3 Å². The van der Waals surface area contributed by atoms with E-state index in [0.29, 0.717) is 13.2 Å². The summed E-state index contributed by atoms with van der Waals surface area (Å²) in [4.78, 5) is 0. The molecule has 0 N–H and O–H groups in total. The van der Waals surface area contributed by atoms with E-state index in [-0.39, 0.29) is 7.43 Å². The molecule has 0 radical (unpaired) electrons. The van der Waals surface area contributed by atoms with Crippen LogP contribution in [0.5, 0.6) is 0 Å². The van der Waals surface area contributed by atoms with Crippen molar-refractivity contribution in [3.63, 3.8) is 0 Å². The molecular formula is C37H87O9Rf3Si5-3. The fourth-order valence-corrected chi connectivity index (χ4v) is 30.0. The summed E-state index contributed by atoms with van der Waals surface area (Å²) in [6.07, 6.45) is 11.6. The van der Waals surface area contributed by atoms with Gasteiger partial charge in [-0.25, -0.2) is 14.2 Å². The van der Waals surface area contributed by atoms with Gasteiger partial charge in [0.2, 0.25) is 0 Å². The van der Waals surface area contributed by atoms with Crippen LogP contribution in [0.2, 0.25) is 76.7 Å². The van der Waals surface area contributed by atoms with Crippen LogP contribution in [0.3, 0.4) is 0 Å². The molecule has 1 atom stereocenters. The van der Waals surface area contributed by atoms with E-state index in [1.165, 1.54) is 25.7 Å². The van der Waals surface area contributed by atoms with E-state index in [2.05, 4.69) is 110 Å². The van der Waals surface area contributed by atoms with Crippen molar-refractivity contribution in [1.82, 2.24) is 0 Å². The second-order valence-electron chi connectivity index (χ2n) is 15.1. The molecule has 0 spiro atoms. The first-order valence-corrected chi connectivity index (χ1v) is 33.1. The molecule has 0 saturated carbocycles. The van der Waals surface area contributed by atoms with Crippen molar-refractivity contribution in [3.05, 3.63) is 47.0 Å². The summed E-state index contributed by atoms with van der Waals surface area (Å²) < 4.78 is 50.0. The smallest absolute Gasteiger partial charge is 0.499 e. The first-order valence-electron chi connectivity index (χ1n) is 18.4. The monoisotopic (exact) mass is 1620 g/mol. The number of unbranched alkanes of at least 4 members (excludes halogenated alkanes) is 4. The largest absolute Gasteiger partial charge is 0.555 e. The SMILES string of the molecule is C=CCOCCCOCC=C.CCC.CO[Si](CC[Si](C)(C)O[Si](C)(C[Si](C)(C)C)O[Si](C)(C)C)(OC)OC.[CH2-]OCCCCCCCO[CH2-].[CH3-].[Rf].[Rf].[Rf]. The van der Waals surface area contributed by atoms with Crippen LogP contribution in [-0.4, -0.2) is 103 Å². The maximum Gasteiger partial charge on any atom is 0.499 e. The molecule has 0 aliphatic heterocycles. The summed E-state index contributed by atoms with van der Waals surface area (Å²) in [5, 5.41) is 0. The Morgan fingerprint density at radius 2 is 0.926 bits per heavy atom. The Balaban J connectivity index is -0.000000102. The van der Waals surface area contributed by atoms with Gasteiger partial charge in [-0.3, -0.25) is 0 Å². The molecule has 0 rings (SSSR count). The molecule has 0 aliphatic carbocycles. The Kier molecular flexibility index (Phi) is 53.0. The zero-order chi connectivity index (χ0) is 39.6. The van der Waals surface area contributed by atoms with Crippen molar-refractivity contribution in [1.29, 1.82) is 0 Å². The van der Waals surface area contributed by atoms with Gasteiger partial charge in [0.25, 0.3) is 0 Å². The van der Waals surface area contributed by atoms with E-state index in [1.807, 2.05) is 0 Å². The fourth-order valence-electron chi connectivity index (χ4n) is 4.88. The fraction of sp³-hybridized carbons (Fsp3) is 0.811. The Morgan fingerprint density at radius 3 is 1.22 bits per heavy atom. The Hall–Kier alpha value is -2.80. The van der Waals surface area contributed by atoms with Crippen LogP contribution in [0.1, 0.15) is 58.8 Å². The van der Waals surface area contributed by atoms with Gasteiger partial charge in [-0.05, 0) is 70.3 Å². The number of rotatable bonds is 28. The van der Waals surface area contributed by atoms with Crippen molar-refractivity contribution in [2.45, 2.75) is 135 Å². The van der Waals surface area contributed by atoms with Gasteiger partial charge in [0.05, 0.1) is 13.2 Å². The standard InChI is InChI=1S/C15H42O5Si5.C9H18O2.C9H16O2.C3H8.CH3.3Rf/c1-16-25(17-2,18-3)14-13-23(10,11)20-24(12,15-21(4,5)6)19-22(7,8)9;1-10-8-6-4-3-5-7-9-11-2;1-3-6-10-8-5-9-11-7-4-2;1-3-2;;;;/h13-15H2,1-12H3;1-9H2;3-4H,1-2,5-9H2;3H2,1-2H3;1H3;;;/q;-2;;;-1;;;. The maximum absolute atomic E-state index is 6.89. The minimum absolute atomic E-state index is 0. The Morgan fingerprint density at radius 1 is 0.556 bits per heavy atom. The third-order valence-corrected chi connectivity index (χ3v) is 26.1. The first kappa shape index (κ1) is 69.1. The molecule has 0 fully saturated rings. The molecule has 0 saturated heterocycles. The average Bonchev–Trinajstić information content (AvgIpc) is 3.00. The first-order chi connectivity index (χ1) is 23.3. The minimum atomic E-state index is -2.55. The molecule has 1 unspecified atom stereocenters. The van der Waals surface area contributed by atoms with Crippen LogP contribution in [0.4, 0.5) is 0 Å².